The highest BCUT2D eigenvalue weighted by molar-refractivity contribution is 6.11. The third-order valence-corrected chi connectivity index (χ3v) is 3.02. The second kappa shape index (κ2) is 5.71. The van der Waals surface area contributed by atoms with Crippen LogP contribution in [-0.2, 0) is 4.79 Å². The molecule has 0 unspecified atom stereocenters. The zero-order valence-corrected chi connectivity index (χ0v) is 11.2. The van der Waals surface area contributed by atoms with E-state index in [1.807, 2.05) is 24.3 Å². The third kappa shape index (κ3) is 2.85. The van der Waals surface area contributed by atoms with Crippen LogP contribution in [0.25, 0.3) is 6.08 Å². The lowest BCUT2D eigenvalue weighted by molar-refractivity contribution is -0.112. The molecular formula is C15H17NO3. The van der Waals surface area contributed by atoms with E-state index < -0.39 is 0 Å². The molecule has 1 fully saturated rings. The fourth-order valence-corrected chi connectivity index (χ4v) is 2.00. The molecule has 1 aromatic carbocycles. The van der Waals surface area contributed by atoms with E-state index in [1.165, 1.54) is 0 Å². The van der Waals surface area contributed by atoms with Gasteiger partial charge in [-0.25, -0.2) is 0 Å². The Morgan fingerprint density at radius 2 is 1.95 bits per heavy atom. The Hall–Kier alpha value is -2.07. The Labute approximate surface area is 112 Å². The van der Waals surface area contributed by atoms with E-state index in [0.29, 0.717) is 35.7 Å². The minimum atomic E-state index is 0.0218. The predicted octanol–water partition coefficient (Wildman–Crippen LogP) is 1.82. The van der Waals surface area contributed by atoms with Gasteiger partial charge in [-0.05, 0) is 23.8 Å². The lowest BCUT2D eigenvalue weighted by Gasteiger charge is -2.16. The molecule has 0 atom stereocenters. The molecule has 0 spiro atoms. The molecule has 4 nitrogen and oxygen atoms in total. The lowest BCUT2D eigenvalue weighted by atomic mass is 9.98. The predicted molar refractivity (Wildman–Crippen MR) is 74.5 cm³/mol. The van der Waals surface area contributed by atoms with Gasteiger partial charge in [-0.3, -0.25) is 4.79 Å². The zero-order chi connectivity index (χ0) is 13.8. The number of hydrogen-bond donors (Lipinski definition) is 1. The molecule has 0 saturated carbocycles. The van der Waals surface area contributed by atoms with Gasteiger partial charge >= 0.3 is 0 Å². The molecule has 0 radical (unpaired) electrons. The molecule has 1 heterocycles. The Kier molecular flexibility index (Phi) is 4.02. The number of carbonyl (C=O) groups is 1. The maximum Gasteiger partial charge on any atom is 0.187 e. The summed E-state index contributed by atoms with van der Waals surface area (Å²) >= 11 is 0. The standard InChI is InChI=1S/C15H17NO3/c1-10-8-16-9-12(15(10)17)6-11-4-5-13(18-2)14(7-11)19-3/h4-7,16H,1,8-9H2,2-3H3. The maximum absolute atomic E-state index is 11.9. The normalized spacial score (nSPS) is 17.7. The summed E-state index contributed by atoms with van der Waals surface area (Å²) in [6.07, 6.45) is 1.85. The number of ether oxygens (including phenoxy) is 2. The van der Waals surface area contributed by atoms with Crippen molar-refractivity contribution in [2.75, 3.05) is 27.3 Å². The SMILES string of the molecule is C=C1CNCC(=Cc2ccc(OC)c(OC)c2)C1=O. The van der Waals surface area contributed by atoms with Gasteiger partial charge in [0.25, 0.3) is 0 Å². The fourth-order valence-electron chi connectivity index (χ4n) is 2.00. The van der Waals surface area contributed by atoms with E-state index in [9.17, 15) is 4.79 Å². The summed E-state index contributed by atoms with van der Waals surface area (Å²) in [6, 6.07) is 5.55. The number of Topliss-reactive ketones (excluding diaryl/α,β-unsaturated/α-hetero) is 1. The first-order chi connectivity index (χ1) is 9.15. The minimum Gasteiger partial charge on any atom is -0.493 e. The molecule has 2 rings (SSSR count). The van der Waals surface area contributed by atoms with E-state index in [1.54, 1.807) is 14.2 Å². The summed E-state index contributed by atoms with van der Waals surface area (Å²) in [5.41, 5.74) is 2.21. The maximum atomic E-state index is 11.9. The topological polar surface area (TPSA) is 47.6 Å². The van der Waals surface area contributed by atoms with Gasteiger partial charge in [0.15, 0.2) is 17.3 Å². The van der Waals surface area contributed by atoms with Crippen molar-refractivity contribution in [1.29, 1.82) is 0 Å². The van der Waals surface area contributed by atoms with E-state index >= 15 is 0 Å². The Bertz CT molecular complexity index is 546. The molecule has 1 aliphatic heterocycles. The average molecular weight is 259 g/mol. The third-order valence-electron chi connectivity index (χ3n) is 3.02. The van der Waals surface area contributed by atoms with Crippen molar-refractivity contribution in [1.82, 2.24) is 5.32 Å². The molecule has 1 N–H and O–H groups in total. The molecule has 0 bridgehead atoms. The number of hydrogen-bond acceptors (Lipinski definition) is 4. The van der Waals surface area contributed by atoms with Gasteiger partial charge < -0.3 is 14.8 Å². The van der Waals surface area contributed by atoms with Gasteiger partial charge in [0.05, 0.1) is 14.2 Å². The van der Waals surface area contributed by atoms with Crippen molar-refractivity contribution in [3.8, 4) is 11.5 Å². The molecule has 0 amide bonds. The van der Waals surface area contributed by atoms with Crippen LogP contribution in [0.4, 0.5) is 0 Å². The van der Waals surface area contributed by atoms with Crippen LogP contribution in [0.2, 0.25) is 0 Å². The van der Waals surface area contributed by atoms with E-state index in [-0.39, 0.29) is 5.78 Å². The number of rotatable bonds is 3. The second-order valence-electron chi connectivity index (χ2n) is 4.32. The number of benzene rings is 1. The van der Waals surface area contributed by atoms with Crippen molar-refractivity contribution >= 4 is 11.9 Å². The van der Waals surface area contributed by atoms with Crippen molar-refractivity contribution in [2.45, 2.75) is 0 Å². The lowest BCUT2D eigenvalue weighted by Crippen LogP contribution is -2.32. The van der Waals surface area contributed by atoms with Crippen molar-refractivity contribution < 1.29 is 14.3 Å². The fraction of sp³-hybridized carbons (Fsp3) is 0.267. The van der Waals surface area contributed by atoms with Crippen molar-refractivity contribution in [3.63, 3.8) is 0 Å². The summed E-state index contributed by atoms with van der Waals surface area (Å²) < 4.78 is 10.4. The number of nitrogens with one attached hydrogen (secondary N) is 1. The molecule has 19 heavy (non-hydrogen) atoms. The van der Waals surface area contributed by atoms with E-state index in [4.69, 9.17) is 9.47 Å². The number of piperidine rings is 1. The second-order valence-corrected chi connectivity index (χ2v) is 4.32. The van der Waals surface area contributed by atoms with Crippen LogP contribution in [0.5, 0.6) is 11.5 Å². The molecule has 4 heteroatoms. The Morgan fingerprint density at radius 3 is 2.63 bits per heavy atom. The highest BCUT2D eigenvalue weighted by Crippen LogP contribution is 2.28. The van der Waals surface area contributed by atoms with Crippen LogP contribution in [0.1, 0.15) is 5.56 Å². The first-order valence-electron chi connectivity index (χ1n) is 6.01. The van der Waals surface area contributed by atoms with E-state index in [2.05, 4.69) is 11.9 Å². The summed E-state index contributed by atoms with van der Waals surface area (Å²) in [4.78, 5) is 11.9. The first-order valence-corrected chi connectivity index (χ1v) is 6.01. The molecule has 0 aromatic heterocycles. The van der Waals surface area contributed by atoms with Gasteiger partial charge in [0.1, 0.15) is 0 Å². The quantitative estimate of drug-likeness (QED) is 0.841. The molecule has 1 aliphatic rings. The summed E-state index contributed by atoms with van der Waals surface area (Å²) in [5.74, 6) is 1.34. The number of carbonyl (C=O) groups excluding carboxylic acids is 1. The Balaban J connectivity index is 2.32. The van der Waals surface area contributed by atoms with Crippen molar-refractivity contribution in [3.05, 3.63) is 41.5 Å². The molecule has 100 valence electrons. The Morgan fingerprint density at radius 1 is 1.21 bits per heavy atom. The van der Waals surface area contributed by atoms with E-state index in [0.717, 1.165) is 5.56 Å². The molecular weight excluding hydrogens is 242 g/mol. The average Bonchev–Trinajstić information content (AvgIpc) is 2.43. The van der Waals surface area contributed by atoms with Gasteiger partial charge in [0, 0.05) is 24.2 Å². The first kappa shape index (κ1) is 13.4. The minimum absolute atomic E-state index is 0.0218. The van der Waals surface area contributed by atoms with Gasteiger partial charge in [-0.15, -0.1) is 0 Å². The van der Waals surface area contributed by atoms with Crippen molar-refractivity contribution in [2.24, 2.45) is 0 Å². The monoisotopic (exact) mass is 259 g/mol. The zero-order valence-electron chi connectivity index (χ0n) is 11.2. The number of ketones is 1. The highest BCUT2D eigenvalue weighted by Gasteiger charge is 2.18. The molecule has 1 saturated heterocycles. The van der Waals surface area contributed by atoms with Gasteiger partial charge in [-0.2, -0.15) is 0 Å². The molecule has 1 aromatic rings. The molecule has 0 aliphatic carbocycles. The van der Waals surface area contributed by atoms with Gasteiger partial charge in [-0.1, -0.05) is 12.6 Å². The van der Waals surface area contributed by atoms with Gasteiger partial charge in [0.2, 0.25) is 0 Å². The summed E-state index contributed by atoms with van der Waals surface area (Å²) in [7, 11) is 3.18. The smallest absolute Gasteiger partial charge is 0.187 e. The van der Waals surface area contributed by atoms with Crippen LogP contribution in [0.3, 0.4) is 0 Å². The van der Waals surface area contributed by atoms with Crippen LogP contribution in [-0.4, -0.2) is 33.1 Å². The summed E-state index contributed by atoms with van der Waals surface area (Å²) in [6.45, 7) is 4.87. The summed E-state index contributed by atoms with van der Waals surface area (Å²) in [5, 5.41) is 3.14. The van der Waals surface area contributed by atoms with Crippen LogP contribution >= 0.6 is 0 Å². The number of methoxy groups -OCH3 is 2. The largest absolute Gasteiger partial charge is 0.493 e. The van der Waals surface area contributed by atoms with Crippen LogP contribution < -0.4 is 14.8 Å². The van der Waals surface area contributed by atoms with Crippen LogP contribution in [0, 0.1) is 0 Å². The highest BCUT2D eigenvalue weighted by atomic mass is 16.5. The van der Waals surface area contributed by atoms with Crippen LogP contribution in [0.15, 0.2) is 35.9 Å².